The third kappa shape index (κ3) is 1.05. The van der Waals surface area contributed by atoms with Gasteiger partial charge in [0, 0.05) is 6.61 Å². The normalized spacial score (nSPS) is 42.3. The summed E-state index contributed by atoms with van der Waals surface area (Å²) in [7, 11) is 0. The van der Waals surface area contributed by atoms with Crippen LogP contribution in [0.25, 0.3) is 0 Å². The molecule has 0 aliphatic carbocycles. The summed E-state index contributed by atoms with van der Waals surface area (Å²) in [6.45, 7) is 2.94. The molecule has 10 heavy (non-hydrogen) atoms. The van der Waals surface area contributed by atoms with E-state index in [0.717, 1.165) is 13.0 Å². The Bertz CT molecular complexity index is 126. The Hall–Kier alpha value is -0.120. The second-order valence-electron chi connectivity index (χ2n) is 2.70. The van der Waals surface area contributed by atoms with Crippen molar-refractivity contribution in [3.8, 4) is 0 Å². The molecule has 3 unspecified atom stereocenters. The molecule has 3 nitrogen and oxygen atoms in total. The lowest BCUT2D eigenvalue weighted by molar-refractivity contribution is -0.202. The first kappa shape index (κ1) is 6.58. The number of epoxide rings is 1. The van der Waals surface area contributed by atoms with Gasteiger partial charge in [0.1, 0.15) is 0 Å². The van der Waals surface area contributed by atoms with Gasteiger partial charge in [-0.05, 0) is 6.42 Å². The zero-order chi connectivity index (χ0) is 6.97. The quantitative estimate of drug-likeness (QED) is 0.433. The molecule has 58 valence electrons. The van der Waals surface area contributed by atoms with E-state index in [-0.39, 0.29) is 18.7 Å². The molecule has 2 heterocycles. The summed E-state index contributed by atoms with van der Waals surface area (Å²) in [5.74, 6) is 0. The number of hydrogen-bond donors (Lipinski definition) is 0. The summed E-state index contributed by atoms with van der Waals surface area (Å²) in [4.78, 5) is 0. The molecule has 2 fully saturated rings. The van der Waals surface area contributed by atoms with Crippen LogP contribution in [-0.4, -0.2) is 25.3 Å². The van der Waals surface area contributed by atoms with E-state index >= 15 is 0 Å². The van der Waals surface area contributed by atoms with Crippen LogP contribution in [0.4, 0.5) is 0 Å². The molecule has 0 aromatic rings. The molecular weight excluding hydrogens is 132 g/mol. The smallest absolute Gasteiger partial charge is 0.192 e. The standard InChI is InChI=1S/C7H12O3/c1-2-3-4-8-6-5-7(9-5)10-6/h5-7H,2-4H2,1H3. The third-order valence-corrected chi connectivity index (χ3v) is 1.80. The average Bonchev–Trinajstić information content (AvgIpc) is 2.54. The Morgan fingerprint density at radius 2 is 2.30 bits per heavy atom. The maximum absolute atomic E-state index is 5.33. The molecule has 3 atom stereocenters. The predicted octanol–water partition coefficient (Wildman–Crippen LogP) is 0.884. The van der Waals surface area contributed by atoms with Gasteiger partial charge in [-0.25, -0.2) is 0 Å². The van der Waals surface area contributed by atoms with E-state index in [0.29, 0.717) is 0 Å². The highest BCUT2D eigenvalue weighted by Crippen LogP contribution is 2.40. The fraction of sp³-hybridized carbons (Fsp3) is 1.00. The predicted molar refractivity (Wildman–Crippen MR) is 34.4 cm³/mol. The maximum Gasteiger partial charge on any atom is 0.192 e. The van der Waals surface area contributed by atoms with E-state index in [9.17, 15) is 0 Å². The Balaban J connectivity index is 1.55. The van der Waals surface area contributed by atoms with Gasteiger partial charge >= 0.3 is 0 Å². The van der Waals surface area contributed by atoms with Crippen molar-refractivity contribution in [3.05, 3.63) is 0 Å². The number of unbranched alkanes of at least 4 members (excludes halogenated alkanes) is 1. The van der Waals surface area contributed by atoms with Gasteiger partial charge in [0.25, 0.3) is 0 Å². The van der Waals surface area contributed by atoms with Crippen LogP contribution < -0.4 is 0 Å². The van der Waals surface area contributed by atoms with Crippen LogP contribution in [0.1, 0.15) is 19.8 Å². The largest absolute Gasteiger partial charge is 0.350 e. The zero-order valence-corrected chi connectivity index (χ0v) is 6.08. The molecule has 0 aromatic carbocycles. The molecule has 2 aliphatic rings. The maximum atomic E-state index is 5.33. The first-order chi connectivity index (χ1) is 4.92. The lowest BCUT2D eigenvalue weighted by atomic mass is 10.3. The van der Waals surface area contributed by atoms with E-state index in [4.69, 9.17) is 14.2 Å². The molecule has 0 N–H and O–H groups in total. The second kappa shape index (κ2) is 2.49. The minimum absolute atomic E-state index is 0.0449. The third-order valence-electron chi connectivity index (χ3n) is 1.80. The van der Waals surface area contributed by atoms with Gasteiger partial charge in [0.2, 0.25) is 0 Å². The van der Waals surface area contributed by atoms with Gasteiger partial charge in [-0.2, -0.15) is 0 Å². The minimum atomic E-state index is -0.0449. The molecule has 0 spiro atoms. The lowest BCUT2D eigenvalue weighted by Gasteiger charge is -2.20. The number of hydrogen-bond acceptors (Lipinski definition) is 3. The monoisotopic (exact) mass is 144 g/mol. The molecular formula is C7H12O3. The molecule has 0 amide bonds. The van der Waals surface area contributed by atoms with Gasteiger partial charge in [-0.3, -0.25) is 0 Å². The Morgan fingerprint density at radius 3 is 2.80 bits per heavy atom. The fourth-order valence-electron chi connectivity index (χ4n) is 1.01. The van der Waals surface area contributed by atoms with Crippen molar-refractivity contribution in [2.75, 3.05) is 6.61 Å². The zero-order valence-electron chi connectivity index (χ0n) is 6.08. The highest BCUT2D eigenvalue weighted by atomic mass is 16.9. The van der Waals surface area contributed by atoms with Crippen molar-refractivity contribution in [3.63, 3.8) is 0 Å². The van der Waals surface area contributed by atoms with Crippen LogP contribution in [-0.2, 0) is 14.2 Å². The van der Waals surface area contributed by atoms with E-state index < -0.39 is 0 Å². The van der Waals surface area contributed by atoms with Crippen LogP contribution in [0.15, 0.2) is 0 Å². The highest BCUT2D eigenvalue weighted by molar-refractivity contribution is 4.90. The first-order valence-electron chi connectivity index (χ1n) is 3.84. The van der Waals surface area contributed by atoms with Gasteiger partial charge < -0.3 is 14.2 Å². The number of rotatable bonds is 4. The van der Waals surface area contributed by atoms with Gasteiger partial charge in [-0.1, -0.05) is 13.3 Å². The van der Waals surface area contributed by atoms with Gasteiger partial charge in [0.05, 0.1) is 0 Å². The number of ether oxygens (including phenoxy) is 3. The Kier molecular flexibility index (Phi) is 1.64. The molecule has 0 radical (unpaired) electrons. The molecule has 3 heteroatoms. The highest BCUT2D eigenvalue weighted by Gasteiger charge is 2.59. The SMILES string of the molecule is CCCCOC1OC2OC12. The summed E-state index contributed by atoms with van der Waals surface area (Å²) in [6, 6.07) is 0. The average molecular weight is 144 g/mol. The van der Waals surface area contributed by atoms with E-state index in [1.807, 2.05) is 0 Å². The number of fused-ring (bicyclic) bond motifs is 1. The van der Waals surface area contributed by atoms with Crippen LogP contribution >= 0.6 is 0 Å². The van der Waals surface area contributed by atoms with Crippen molar-refractivity contribution >= 4 is 0 Å². The van der Waals surface area contributed by atoms with E-state index in [1.54, 1.807) is 0 Å². The molecule has 2 saturated heterocycles. The first-order valence-corrected chi connectivity index (χ1v) is 3.84. The van der Waals surface area contributed by atoms with E-state index in [2.05, 4.69) is 6.92 Å². The topological polar surface area (TPSA) is 31.0 Å². The molecule has 2 rings (SSSR count). The van der Waals surface area contributed by atoms with Crippen LogP contribution in [0.5, 0.6) is 0 Å². The van der Waals surface area contributed by atoms with Crippen molar-refractivity contribution in [1.29, 1.82) is 0 Å². The van der Waals surface area contributed by atoms with Crippen LogP contribution in [0, 0.1) is 0 Å². The fourth-order valence-corrected chi connectivity index (χ4v) is 1.01. The second-order valence-corrected chi connectivity index (χ2v) is 2.70. The van der Waals surface area contributed by atoms with Crippen molar-refractivity contribution < 1.29 is 14.2 Å². The summed E-state index contributed by atoms with van der Waals surface area (Å²) < 4.78 is 15.5. The van der Waals surface area contributed by atoms with Gasteiger partial charge in [0.15, 0.2) is 18.7 Å². The molecule has 2 aliphatic heterocycles. The van der Waals surface area contributed by atoms with Gasteiger partial charge in [-0.15, -0.1) is 0 Å². The molecule has 0 bridgehead atoms. The van der Waals surface area contributed by atoms with Crippen molar-refractivity contribution in [2.24, 2.45) is 0 Å². The summed E-state index contributed by atoms with van der Waals surface area (Å²) in [6.07, 6.45) is 2.60. The summed E-state index contributed by atoms with van der Waals surface area (Å²) in [5.41, 5.74) is 0. The lowest BCUT2D eigenvalue weighted by Crippen LogP contribution is -2.35. The van der Waals surface area contributed by atoms with Crippen LogP contribution in [0.3, 0.4) is 0 Å². The van der Waals surface area contributed by atoms with Crippen molar-refractivity contribution in [2.45, 2.75) is 38.4 Å². The Labute approximate surface area is 60.3 Å². The summed E-state index contributed by atoms with van der Waals surface area (Å²) >= 11 is 0. The molecule has 0 saturated carbocycles. The van der Waals surface area contributed by atoms with E-state index in [1.165, 1.54) is 6.42 Å². The Morgan fingerprint density at radius 1 is 1.40 bits per heavy atom. The van der Waals surface area contributed by atoms with Crippen molar-refractivity contribution in [1.82, 2.24) is 0 Å². The minimum Gasteiger partial charge on any atom is -0.350 e. The van der Waals surface area contributed by atoms with Crippen LogP contribution in [0.2, 0.25) is 0 Å². The summed E-state index contributed by atoms with van der Waals surface area (Å²) in [5, 5.41) is 0. The molecule has 0 aromatic heterocycles.